The van der Waals surface area contributed by atoms with Gasteiger partial charge < -0.3 is 20.7 Å². The number of nitrogens with zero attached hydrogens (tertiary/aromatic N) is 2. The Labute approximate surface area is 181 Å². The minimum atomic E-state index is 0.131. The Morgan fingerprint density at radius 2 is 1.97 bits per heavy atom. The van der Waals surface area contributed by atoms with Crippen LogP contribution in [0, 0.1) is 6.92 Å². The van der Waals surface area contributed by atoms with Crippen LogP contribution in [0.15, 0.2) is 29.3 Å². The maximum Gasteiger partial charge on any atom is 0.234 e. The molecule has 168 valence electrons. The van der Waals surface area contributed by atoms with E-state index in [0.717, 1.165) is 75.7 Å². The van der Waals surface area contributed by atoms with Gasteiger partial charge in [-0.2, -0.15) is 0 Å². The number of likely N-dealkylation sites (tertiary alicyclic amines) is 1. The van der Waals surface area contributed by atoms with E-state index in [2.05, 4.69) is 47.7 Å². The van der Waals surface area contributed by atoms with Crippen LogP contribution in [0.2, 0.25) is 0 Å². The number of ether oxygens (including phenoxy) is 1. The lowest BCUT2D eigenvalue weighted by atomic mass is 10.1. The summed E-state index contributed by atoms with van der Waals surface area (Å²) in [5.41, 5.74) is 1.16. The molecule has 0 bridgehead atoms. The largest absolute Gasteiger partial charge is 0.493 e. The fourth-order valence-corrected chi connectivity index (χ4v) is 3.43. The minimum Gasteiger partial charge on any atom is -0.493 e. The summed E-state index contributed by atoms with van der Waals surface area (Å²) in [4.78, 5) is 18.8. The monoisotopic (exact) mass is 417 g/mol. The van der Waals surface area contributed by atoms with E-state index in [1.807, 2.05) is 18.2 Å². The Bertz CT molecular complexity index is 657. The number of rotatable bonds is 11. The predicted octanol–water partition coefficient (Wildman–Crippen LogP) is 2.31. The summed E-state index contributed by atoms with van der Waals surface area (Å²) >= 11 is 0. The first kappa shape index (κ1) is 24.0. The number of hydrogen-bond donors (Lipinski definition) is 3. The van der Waals surface area contributed by atoms with Gasteiger partial charge in [0, 0.05) is 45.2 Å². The Balaban J connectivity index is 1.68. The minimum absolute atomic E-state index is 0.131. The van der Waals surface area contributed by atoms with Crippen molar-refractivity contribution in [3.8, 4) is 5.75 Å². The van der Waals surface area contributed by atoms with Gasteiger partial charge in [-0.3, -0.25) is 14.7 Å². The summed E-state index contributed by atoms with van der Waals surface area (Å²) in [5.74, 6) is 1.94. The molecule has 0 aliphatic carbocycles. The Kier molecular flexibility index (Phi) is 11.1. The normalized spacial score (nSPS) is 15.6. The molecule has 0 radical (unpaired) electrons. The lowest BCUT2D eigenvalue weighted by molar-refractivity contribution is -0.122. The number of aliphatic imine (C=N–C) groups is 1. The number of piperidine rings is 1. The van der Waals surface area contributed by atoms with E-state index in [4.69, 9.17) is 9.73 Å². The van der Waals surface area contributed by atoms with Crippen molar-refractivity contribution in [3.05, 3.63) is 29.8 Å². The first-order valence-electron chi connectivity index (χ1n) is 11.3. The maximum atomic E-state index is 11.9. The molecule has 1 aliphatic heterocycles. The molecular weight excluding hydrogens is 378 g/mol. The standard InChI is InChI=1S/C23H39N5O2/c1-4-13-25-22(29)18-28-15-11-20(12-16-28)27-23(24-5-2)26-14-8-17-30-21-10-7-6-9-19(21)3/h6-7,9-10,20H,4-5,8,11-18H2,1-3H3,(H,25,29)(H2,24,26,27). The van der Waals surface area contributed by atoms with Crippen LogP contribution in [0.4, 0.5) is 0 Å². The van der Waals surface area contributed by atoms with Crippen LogP contribution >= 0.6 is 0 Å². The number of carbonyl (C=O) groups is 1. The summed E-state index contributed by atoms with van der Waals surface area (Å²) in [5, 5.41) is 9.84. The van der Waals surface area contributed by atoms with Crippen molar-refractivity contribution >= 4 is 11.9 Å². The van der Waals surface area contributed by atoms with E-state index in [1.54, 1.807) is 0 Å². The summed E-state index contributed by atoms with van der Waals surface area (Å²) in [6.45, 7) is 11.5. The Morgan fingerprint density at radius 3 is 2.67 bits per heavy atom. The van der Waals surface area contributed by atoms with Gasteiger partial charge >= 0.3 is 0 Å². The molecule has 2 rings (SSSR count). The fourth-order valence-electron chi connectivity index (χ4n) is 3.43. The van der Waals surface area contributed by atoms with E-state index >= 15 is 0 Å². The number of aryl methyl sites for hydroxylation is 1. The SMILES string of the molecule is CCCNC(=O)CN1CCC(NC(=NCCCOc2ccccc2C)NCC)CC1. The van der Waals surface area contributed by atoms with Crippen molar-refractivity contribution in [2.24, 2.45) is 4.99 Å². The van der Waals surface area contributed by atoms with Gasteiger partial charge in [-0.05, 0) is 44.7 Å². The zero-order valence-electron chi connectivity index (χ0n) is 18.9. The predicted molar refractivity (Wildman–Crippen MR) is 123 cm³/mol. The second kappa shape index (κ2) is 13.9. The number of para-hydroxylation sites is 1. The third-order valence-corrected chi connectivity index (χ3v) is 5.14. The highest BCUT2D eigenvalue weighted by molar-refractivity contribution is 5.80. The smallest absolute Gasteiger partial charge is 0.234 e. The summed E-state index contributed by atoms with van der Waals surface area (Å²) < 4.78 is 5.85. The third kappa shape index (κ3) is 9.03. The molecule has 1 heterocycles. The highest BCUT2D eigenvalue weighted by Gasteiger charge is 2.21. The van der Waals surface area contributed by atoms with Gasteiger partial charge in [0.05, 0.1) is 13.2 Å². The summed E-state index contributed by atoms with van der Waals surface area (Å²) in [6.07, 6.45) is 3.88. The summed E-state index contributed by atoms with van der Waals surface area (Å²) in [7, 11) is 0. The van der Waals surface area contributed by atoms with Crippen molar-refractivity contribution in [1.29, 1.82) is 0 Å². The van der Waals surface area contributed by atoms with E-state index in [1.165, 1.54) is 0 Å². The van der Waals surface area contributed by atoms with Crippen LogP contribution in [0.25, 0.3) is 0 Å². The second-order valence-corrected chi connectivity index (χ2v) is 7.77. The summed E-state index contributed by atoms with van der Waals surface area (Å²) in [6, 6.07) is 8.47. The van der Waals surface area contributed by atoms with Gasteiger partial charge in [0.15, 0.2) is 5.96 Å². The molecule has 1 amide bonds. The van der Waals surface area contributed by atoms with Crippen LogP contribution in [0.5, 0.6) is 5.75 Å². The molecule has 3 N–H and O–H groups in total. The molecule has 0 aromatic heterocycles. The van der Waals surface area contributed by atoms with E-state index in [9.17, 15) is 4.79 Å². The van der Waals surface area contributed by atoms with Crippen molar-refractivity contribution in [1.82, 2.24) is 20.9 Å². The molecule has 1 fully saturated rings. The molecule has 1 aliphatic rings. The topological polar surface area (TPSA) is 78.0 Å². The molecule has 1 aromatic carbocycles. The molecule has 7 nitrogen and oxygen atoms in total. The first-order valence-corrected chi connectivity index (χ1v) is 11.3. The van der Waals surface area contributed by atoms with Gasteiger partial charge in [0.2, 0.25) is 5.91 Å². The van der Waals surface area contributed by atoms with Gasteiger partial charge in [-0.1, -0.05) is 25.1 Å². The first-order chi connectivity index (χ1) is 14.6. The van der Waals surface area contributed by atoms with Crippen molar-refractivity contribution in [2.45, 2.75) is 52.5 Å². The molecule has 1 aromatic rings. The molecule has 0 unspecified atom stereocenters. The van der Waals surface area contributed by atoms with Crippen LogP contribution in [0.1, 0.15) is 45.1 Å². The maximum absolute atomic E-state index is 11.9. The zero-order valence-corrected chi connectivity index (χ0v) is 18.9. The number of hydrogen-bond acceptors (Lipinski definition) is 4. The highest BCUT2D eigenvalue weighted by Crippen LogP contribution is 2.16. The van der Waals surface area contributed by atoms with Crippen LogP contribution in [-0.4, -0.2) is 68.7 Å². The van der Waals surface area contributed by atoms with E-state index in [0.29, 0.717) is 19.2 Å². The molecule has 0 atom stereocenters. The number of nitrogens with one attached hydrogen (secondary N) is 3. The van der Waals surface area contributed by atoms with Gasteiger partial charge in [0.1, 0.15) is 5.75 Å². The molecule has 30 heavy (non-hydrogen) atoms. The van der Waals surface area contributed by atoms with Crippen LogP contribution < -0.4 is 20.7 Å². The third-order valence-electron chi connectivity index (χ3n) is 5.14. The van der Waals surface area contributed by atoms with Crippen LogP contribution in [-0.2, 0) is 4.79 Å². The lowest BCUT2D eigenvalue weighted by Gasteiger charge is -2.32. The van der Waals surface area contributed by atoms with Crippen LogP contribution in [0.3, 0.4) is 0 Å². The number of guanidine groups is 1. The van der Waals surface area contributed by atoms with E-state index < -0.39 is 0 Å². The molecule has 1 saturated heterocycles. The zero-order chi connectivity index (χ0) is 21.6. The number of benzene rings is 1. The van der Waals surface area contributed by atoms with Crippen molar-refractivity contribution in [3.63, 3.8) is 0 Å². The Hall–Kier alpha value is -2.28. The highest BCUT2D eigenvalue weighted by atomic mass is 16.5. The number of amides is 1. The van der Waals surface area contributed by atoms with E-state index in [-0.39, 0.29) is 5.91 Å². The molecule has 0 spiro atoms. The second-order valence-electron chi connectivity index (χ2n) is 7.77. The fraction of sp³-hybridized carbons (Fsp3) is 0.652. The van der Waals surface area contributed by atoms with Gasteiger partial charge in [0.25, 0.3) is 0 Å². The van der Waals surface area contributed by atoms with Crippen molar-refractivity contribution < 1.29 is 9.53 Å². The average Bonchev–Trinajstić information content (AvgIpc) is 2.74. The quantitative estimate of drug-likeness (QED) is 0.293. The van der Waals surface area contributed by atoms with Gasteiger partial charge in [-0.15, -0.1) is 0 Å². The average molecular weight is 418 g/mol. The molecular formula is C23H39N5O2. The lowest BCUT2D eigenvalue weighted by Crippen LogP contribution is -2.50. The molecule has 7 heteroatoms. The van der Waals surface area contributed by atoms with Crippen molar-refractivity contribution in [2.75, 3.05) is 45.9 Å². The number of carbonyl (C=O) groups excluding carboxylic acids is 1. The molecule has 0 saturated carbocycles. The Morgan fingerprint density at radius 1 is 1.20 bits per heavy atom. The van der Waals surface area contributed by atoms with Gasteiger partial charge in [-0.25, -0.2) is 0 Å².